The summed E-state index contributed by atoms with van der Waals surface area (Å²) in [5, 5.41) is 5.90. The Labute approximate surface area is 124 Å². The minimum absolute atomic E-state index is 0.0358. The van der Waals surface area contributed by atoms with Crippen LogP contribution >= 0.6 is 31.9 Å². The summed E-state index contributed by atoms with van der Waals surface area (Å²) in [6.07, 6.45) is 0. The van der Waals surface area contributed by atoms with Crippen molar-refractivity contribution in [2.45, 2.75) is 19.9 Å². The number of anilines is 1. The molecule has 0 aliphatic carbocycles. The average Bonchev–Trinajstić information content (AvgIpc) is 2.32. The molecule has 0 aliphatic heterocycles. The lowest BCUT2D eigenvalue weighted by Gasteiger charge is -2.17. The van der Waals surface area contributed by atoms with Crippen molar-refractivity contribution in [2.75, 3.05) is 19.0 Å². The molecule has 1 rings (SSSR count). The number of carbonyl (C=O) groups excluding carboxylic acids is 1. The van der Waals surface area contributed by atoms with Crippen molar-refractivity contribution < 1.29 is 9.53 Å². The Kier molecular flexibility index (Phi) is 5.95. The maximum Gasteiger partial charge on any atom is 0.242 e. The van der Waals surface area contributed by atoms with Gasteiger partial charge >= 0.3 is 0 Å². The standard InChI is InChI=1S/C12H16Br2N2O2/c1-4-15-12(17)7(2)16-10-6-11(18-3)9(14)5-8(10)13/h5-7,16H,4H2,1-3H3,(H,15,17). The first kappa shape index (κ1) is 15.3. The molecule has 0 saturated heterocycles. The number of hydrogen-bond acceptors (Lipinski definition) is 3. The van der Waals surface area contributed by atoms with Crippen LogP contribution in [-0.2, 0) is 4.79 Å². The van der Waals surface area contributed by atoms with E-state index >= 15 is 0 Å². The molecule has 1 aromatic rings. The zero-order valence-electron chi connectivity index (χ0n) is 10.5. The second-order valence-corrected chi connectivity index (χ2v) is 5.44. The quantitative estimate of drug-likeness (QED) is 0.826. The largest absolute Gasteiger partial charge is 0.495 e. The molecule has 18 heavy (non-hydrogen) atoms. The monoisotopic (exact) mass is 378 g/mol. The summed E-state index contributed by atoms with van der Waals surface area (Å²) in [6.45, 7) is 4.32. The molecule has 0 aliphatic rings. The molecule has 100 valence electrons. The number of ether oxygens (including phenoxy) is 1. The molecule has 0 saturated carbocycles. The summed E-state index contributed by atoms with van der Waals surface area (Å²) < 4.78 is 6.94. The Morgan fingerprint density at radius 3 is 2.61 bits per heavy atom. The van der Waals surface area contributed by atoms with Crippen molar-refractivity contribution >= 4 is 43.5 Å². The van der Waals surface area contributed by atoms with E-state index in [1.807, 2.05) is 26.0 Å². The van der Waals surface area contributed by atoms with Crippen LogP contribution in [0.2, 0.25) is 0 Å². The number of nitrogens with one attached hydrogen (secondary N) is 2. The second kappa shape index (κ2) is 6.99. The van der Waals surface area contributed by atoms with E-state index < -0.39 is 0 Å². The number of amides is 1. The van der Waals surface area contributed by atoms with Gasteiger partial charge in [-0.2, -0.15) is 0 Å². The van der Waals surface area contributed by atoms with Gasteiger partial charge in [0.25, 0.3) is 0 Å². The predicted molar refractivity (Wildman–Crippen MR) is 80.2 cm³/mol. The van der Waals surface area contributed by atoms with Crippen molar-refractivity contribution in [2.24, 2.45) is 0 Å². The lowest BCUT2D eigenvalue weighted by molar-refractivity contribution is -0.121. The van der Waals surface area contributed by atoms with Gasteiger partial charge in [-0.3, -0.25) is 4.79 Å². The van der Waals surface area contributed by atoms with Gasteiger partial charge in [0.2, 0.25) is 5.91 Å². The van der Waals surface area contributed by atoms with E-state index in [1.54, 1.807) is 7.11 Å². The fraction of sp³-hybridized carbons (Fsp3) is 0.417. The van der Waals surface area contributed by atoms with E-state index in [0.717, 1.165) is 14.6 Å². The van der Waals surface area contributed by atoms with Crippen LogP contribution in [0.1, 0.15) is 13.8 Å². The van der Waals surface area contributed by atoms with Gasteiger partial charge in [-0.05, 0) is 51.8 Å². The zero-order chi connectivity index (χ0) is 13.7. The molecule has 0 aromatic heterocycles. The third kappa shape index (κ3) is 3.88. The third-order valence-electron chi connectivity index (χ3n) is 2.36. The van der Waals surface area contributed by atoms with Gasteiger partial charge < -0.3 is 15.4 Å². The van der Waals surface area contributed by atoms with E-state index in [-0.39, 0.29) is 11.9 Å². The van der Waals surface area contributed by atoms with Crippen LogP contribution in [0.3, 0.4) is 0 Å². The van der Waals surface area contributed by atoms with Gasteiger partial charge in [-0.25, -0.2) is 0 Å². The fourth-order valence-electron chi connectivity index (χ4n) is 1.42. The van der Waals surface area contributed by atoms with Gasteiger partial charge in [0.05, 0.1) is 17.3 Å². The smallest absolute Gasteiger partial charge is 0.242 e. The number of halogens is 2. The van der Waals surface area contributed by atoms with Gasteiger partial charge in [-0.15, -0.1) is 0 Å². The van der Waals surface area contributed by atoms with Gasteiger partial charge in [0.15, 0.2) is 0 Å². The maximum atomic E-state index is 11.7. The van der Waals surface area contributed by atoms with E-state index in [2.05, 4.69) is 42.5 Å². The molecule has 1 atom stereocenters. The molecule has 1 unspecified atom stereocenters. The molecule has 0 radical (unpaired) electrons. The SMILES string of the molecule is CCNC(=O)C(C)Nc1cc(OC)c(Br)cc1Br. The van der Waals surface area contributed by atoms with Crippen molar-refractivity contribution in [3.8, 4) is 5.75 Å². The number of carbonyl (C=O) groups is 1. The van der Waals surface area contributed by atoms with Crippen LogP contribution < -0.4 is 15.4 Å². The van der Waals surface area contributed by atoms with Crippen molar-refractivity contribution in [1.82, 2.24) is 5.32 Å². The molecule has 0 fully saturated rings. The molecule has 4 nitrogen and oxygen atoms in total. The highest BCUT2D eigenvalue weighted by Gasteiger charge is 2.14. The van der Waals surface area contributed by atoms with Gasteiger partial charge in [-0.1, -0.05) is 0 Å². The first-order chi connectivity index (χ1) is 8.49. The molecule has 0 spiro atoms. The molecule has 2 N–H and O–H groups in total. The minimum atomic E-state index is -0.313. The van der Waals surface area contributed by atoms with Crippen molar-refractivity contribution in [1.29, 1.82) is 0 Å². The molecule has 1 aromatic carbocycles. The highest BCUT2D eigenvalue weighted by Crippen LogP contribution is 2.34. The Balaban J connectivity index is 2.87. The number of likely N-dealkylation sites (N-methyl/N-ethyl adjacent to an activating group) is 1. The van der Waals surface area contributed by atoms with E-state index in [4.69, 9.17) is 4.74 Å². The number of hydrogen-bond donors (Lipinski definition) is 2. The molecular formula is C12H16Br2N2O2. The lowest BCUT2D eigenvalue weighted by Crippen LogP contribution is -2.37. The Hall–Kier alpha value is -0.750. The molecular weight excluding hydrogens is 364 g/mol. The number of rotatable bonds is 5. The van der Waals surface area contributed by atoms with E-state index in [0.29, 0.717) is 12.3 Å². The highest BCUT2D eigenvalue weighted by molar-refractivity contribution is 9.11. The predicted octanol–water partition coefficient (Wildman–Crippen LogP) is 3.16. The van der Waals surface area contributed by atoms with Crippen molar-refractivity contribution in [3.63, 3.8) is 0 Å². The Bertz CT molecular complexity index is 438. The maximum absolute atomic E-state index is 11.7. The summed E-state index contributed by atoms with van der Waals surface area (Å²) in [7, 11) is 1.60. The Morgan fingerprint density at radius 2 is 2.06 bits per heavy atom. The first-order valence-corrected chi connectivity index (χ1v) is 7.15. The summed E-state index contributed by atoms with van der Waals surface area (Å²) >= 11 is 6.85. The third-order valence-corrected chi connectivity index (χ3v) is 3.63. The normalized spacial score (nSPS) is 11.8. The van der Waals surface area contributed by atoms with Crippen LogP contribution in [0.15, 0.2) is 21.1 Å². The van der Waals surface area contributed by atoms with Crippen molar-refractivity contribution in [3.05, 3.63) is 21.1 Å². The zero-order valence-corrected chi connectivity index (χ0v) is 13.7. The van der Waals surface area contributed by atoms with Gasteiger partial charge in [0.1, 0.15) is 11.8 Å². The number of benzene rings is 1. The molecule has 0 heterocycles. The minimum Gasteiger partial charge on any atom is -0.495 e. The molecule has 6 heteroatoms. The first-order valence-electron chi connectivity index (χ1n) is 5.56. The summed E-state index contributed by atoms with van der Waals surface area (Å²) in [5.41, 5.74) is 0.814. The summed E-state index contributed by atoms with van der Waals surface area (Å²) in [4.78, 5) is 11.7. The fourth-order valence-corrected chi connectivity index (χ4v) is 2.69. The topological polar surface area (TPSA) is 50.4 Å². The Morgan fingerprint density at radius 1 is 1.39 bits per heavy atom. The van der Waals surface area contributed by atoms with Crippen LogP contribution in [0.5, 0.6) is 5.75 Å². The second-order valence-electron chi connectivity index (χ2n) is 3.73. The summed E-state index contributed by atoms with van der Waals surface area (Å²) in [5.74, 6) is 0.676. The molecule has 0 bridgehead atoms. The van der Waals surface area contributed by atoms with Gasteiger partial charge in [0, 0.05) is 17.1 Å². The molecule has 1 amide bonds. The number of methoxy groups -OCH3 is 1. The van der Waals surface area contributed by atoms with Crippen LogP contribution in [0.4, 0.5) is 5.69 Å². The van der Waals surface area contributed by atoms with Crippen LogP contribution in [0, 0.1) is 0 Å². The van der Waals surface area contributed by atoms with E-state index in [9.17, 15) is 4.79 Å². The lowest BCUT2D eigenvalue weighted by atomic mass is 10.2. The average molecular weight is 380 g/mol. The van der Waals surface area contributed by atoms with Crippen LogP contribution in [0.25, 0.3) is 0 Å². The highest BCUT2D eigenvalue weighted by atomic mass is 79.9. The van der Waals surface area contributed by atoms with E-state index in [1.165, 1.54) is 0 Å². The van der Waals surface area contributed by atoms with Crippen LogP contribution in [-0.4, -0.2) is 25.6 Å². The summed E-state index contributed by atoms with van der Waals surface area (Å²) in [6, 6.07) is 3.40.